The fourth-order valence-corrected chi connectivity index (χ4v) is 4.01. The van der Waals surface area contributed by atoms with Crippen molar-refractivity contribution in [2.75, 3.05) is 13.1 Å². The van der Waals surface area contributed by atoms with Crippen molar-refractivity contribution < 1.29 is 19.5 Å². The van der Waals surface area contributed by atoms with Gasteiger partial charge in [-0.3, -0.25) is 14.4 Å². The highest BCUT2D eigenvalue weighted by atomic mass is 16.4. The first-order valence-electron chi connectivity index (χ1n) is 9.81. The molecule has 1 aliphatic rings. The van der Waals surface area contributed by atoms with Crippen LogP contribution in [-0.2, 0) is 19.8 Å². The molecule has 0 aromatic heterocycles. The zero-order valence-electron chi connectivity index (χ0n) is 16.5. The predicted molar refractivity (Wildman–Crippen MR) is 109 cm³/mol. The van der Waals surface area contributed by atoms with Gasteiger partial charge in [0.25, 0.3) is 0 Å². The summed E-state index contributed by atoms with van der Waals surface area (Å²) in [5.74, 6) is -1.13. The highest BCUT2D eigenvalue weighted by molar-refractivity contribution is 5.83. The lowest BCUT2D eigenvalue weighted by Gasteiger charge is -2.39. The molecule has 6 nitrogen and oxygen atoms in total. The van der Waals surface area contributed by atoms with E-state index in [9.17, 15) is 19.5 Å². The maximum atomic E-state index is 12.9. The number of carbonyl (C=O) groups is 3. The lowest BCUT2D eigenvalue weighted by Crippen LogP contribution is -2.49. The van der Waals surface area contributed by atoms with Crippen LogP contribution in [0.15, 0.2) is 60.7 Å². The topological polar surface area (TPSA) is 86.7 Å². The number of hydrogen-bond donors (Lipinski definition) is 2. The zero-order chi connectivity index (χ0) is 20.9. The van der Waals surface area contributed by atoms with Crippen LogP contribution in [0.5, 0.6) is 0 Å². The van der Waals surface area contributed by atoms with Gasteiger partial charge in [-0.2, -0.15) is 0 Å². The molecule has 0 saturated carbocycles. The summed E-state index contributed by atoms with van der Waals surface area (Å²) >= 11 is 0. The number of aliphatic carboxylic acids is 1. The SMILES string of the molecule is CC(=O)N[C@@H](CC(=O)N1CCC(C(=O)O)(c2ccccc2)CC1)c1ccccc1. The molecular formula is C23H26N2O4. The standard InChI is InChI=1S/C23H26N2O4/c1-17(26)24-20(18-8-4-2-5-9-18)16-21(27)25-14-12-23(13-15-25,22(28)29)19-10-6-3-7-11-19/h2-11,20H,12-16H2,1H3,(H,24,26)(H,28,29)/t20-/m0/s1. The van der Waals surface area contributed by atoms with Crippen molar-refractivity contribution in [1.82, 2.24) is 10.2 Å². The molecule has 1 atom stereocenters. The fraction of sp³-hybridized carbons (Fsp3) is 0.348. The highest BCUT2D eigenvalue weighted by Gasteiger charge is 2.43. The first kappa shape index (κ1) is 20.6. The molecule has 29 heavy (non-hydrogen) atoms. The van der Waals surface area contributed by atoms with Gasteiger partial charge in [-0.15, -0.1) is 0 Å². The highest BCUT2D eigenvalue weighted by Crippen LogP contribution is 2.36. The van der Waals surface area contributed by atoms with E-state index in [0.29, 0.717) is 25.9 Å². The Morgan fingerprint density at radius 2 is 1.55 bits per heavy atom. The summed E-state index contributed by atoms with van der Waals surface area (Å²) in [5, 5.41) is 12.8. The van der Waals surface area contributed by atoms with E-state index < -0.39 is 17.4 Å². The third-order valence-corrected chi connectivity index (χ3v) is 5.66. The molecule has 1 saturated heterocycles. The lowest BCUT2D eigenvalue weighted by atomic mass is 9.73. The first-order valence-corrected chi connectivity index (χ1v) is 9.81. The molecule has 0 bridgehead atoms. The van der Waals surface area contributed by atoms with Crippen molar-refractivity contribution >= 4 is 17.8 Å². The van der Waals surface area contributed by atoms with Crippen molar-refractivity contribution in [3.8, 4) is 0 Å². The lowest BCUT2D eigenvalue weighted by molar-refractivity contribution is -0.148. The van der Waals surface area contributed by atoms with Crippen molar-refractivity contribution in [1.29, 1.82) is 0 Å². The molecule has 1 heterocycles. The Labute approximate surface area is 170 Å². The summed E-state index contributed by atoms with van der Waals surface area (Å²) in [4.78, 5) is 38.3. The number of amides is 2. The van der Waals surface area contributed by atoms with Crippen LogP contribution in [0.2, 0.25) is 0 Å². The van der Waals surface area contributed by atoms with Crippen LogP contribution in [0.1, 0.15) is 43.4 Å². The van der Waals surface area contributed by atoms with Crippen LogP contribution >= 0.6 is 0 Å². The Balaban J connectivity index is 1.70. The van der Waals surface area contributed by atoms with Gasteiger partial charge >= 0.3 is 5.97 Å². The van der Waals surface area contributed by atoms with Gasteiger partial charge in [-0.25, -0.2) is 0 Å². The number of likely N-dealkylation sites (tertiary alicyclic amines) is 1. The van der Waals surface area contributed by atoms with Crippen LogP contribution < -0.4 is 5.32 Å². The molecule has 0 radical (unpaired) electrons. The van der Waals surface area contributed by atoms with Crippen LogP contribution in [-0.4, -0.2) is 40.9 Å². The fourth-order valence-electron chi connectivity index (χ4n) is 4.01. The number of piperidine rings is 1. The minimum Gasteiger partial charge on any atom is -0.481 e. The van der Waals surface area contributed by atoms with E-state index in [0.717, 1.165) is 11.1 Å². The van der Waals surface area contributed by atoms with Crippen LogP contribution in [0.4, 0.5) is 0 Å². The molecule has 152 valence electrons. The summed E-state index contributed by atoms with van der Waals surface area (Å²) in [7, 11) is 0. The summed E-state index contributed by atoms with van der Waals surface area (Å²) in [6.45, 7) is 2.19. The number of carboxylic acids is 1. The number of carbonyl (C=O) groups excluding carboxylic acids is 2. The number of hydrogen-bond acceptors (Lipinski definition) is 3. The van der Waals surface area contributed by atoms with Gasteiger partial charge in [0.2, 0.25) is 11.8 Å². The molecule has 1 fully saturated rings. The monoisotopic (exact) mass is 394 g/mol. The summed E-state index contributed by atoms with van der Waals surface area (Å²) in [6.07, 6.45) is 0.886. The van der Waals surface area contributed by atoms with Crippen LogP contribution in [0.3, 0.4) is 0 Å². The summed E-state index contributed by atoms with van der Waals surface area (Å²) < 4.78 is 0. The normalized spacial score (nSPS) is 16.7. The Morgan fingerprint density at radius 3 is 2.07 bits per heavy atom. The van der Waals surface area contributed by atoms with Crippen molar-refractivity contribution in [2.45, 2.75) is 37.6 Å². The van der Waals surface area contributed by atoms with E-state index in [4.69, 9.17) is 0 Å². The second-order valence-corrected chi connectivity index (χ2v) is 7.50. The number of carboxylic acid groups (broad SMARTS) is 1. The second kappa shape index (κ2) is 8.90. The largest absolute Gasteiger partial charge is 0.481 e. The van der Waals surface area contributed by atoms with E-state index in [1.165, 1.54) is 6.92 Å². The van der Waals surface area contributed by atoms with Gasteiger partial charge in [0, 0.05) is 20.0 Å². The first-order chi connectivity index (χ1) is 13.9. The molecule has 0 aliphatic carbocycles. The molecule has 0 spiro atoms. The third-order valence-electron chi connectivity index (χ3n) is 5.66. The van der Waals surface area contributed by atoms with Gasteiger partial charge in [-0.05, 0) is 24.0 Å². The minimum atomic E-state index is -0.964. The average Bonchev–Trinajstić information content (AvgIpc) is 2.74. The number of benzene rings is 2. The molecule has 3 rings (SSSR count). The number of nitrogens with one attached hydrogen (secondary N) is 1. The van der Waals surface area contributed by atoms with E-state index >= 15 is 0 Å². The van der Waals surface area contributed by atoms with Crippen molar-refractivity contribution in [3.63, 3.8) is 0 Å². The smallest absolute Gasteiger partial charge is 0.314 e. The summed E-state index contributed by atoms with van der Waals surface area (Å²) in [5.41, 5.74) is 0.686. The summed E-state index contributed by atoms with van der Waals surface area (Å²) in [6, 6.07) is 18.2. The van der Waals surface area contributed by atoms with Crippen molar-refractivity contribution in [3.05, 3.63) is 71.8 Å². The van der Waals surface area contributed by atoms with E-state index in [1.807, 2.05) is 60.7 Å². The molecule has 1 aliphatic heterocycles. The molecule has 6 heteroatoms. The minimum absolute atomic E-state index is 0.0837. The number of nitrogens with zero attached hydrogens (tertiary/aromatic N) is 1. The Bertz CT molecular complexity index is 859. The predicted octanol–water partition coefficient (Wildman–Crippen LogP) is 2.90. The quantitative estimate of drug-likeness (QED) is 0.789. The van der Waals surface area contributed by atoms with E-state index in [-0.39, 0.29) is 18.2 Å². The van der Waals surface area contributed by atoms with Gasteiger partial charge in [0.05, 0.1) is 17.9 Å². The molecule has 2 amide bonds. The Kier molecular flexibility index (Phi) is 6.32. The number of rotatable bonds is 6. The van der Waals surface area contributed by atoms with E-state index in [2.05, 4.69) is 5.32 Å². The maximum Gasteiger partial charge on any atom is 0.314 e. The Morgan fingerprint density at radius 1 is 1.00 bits per heavy atom. The van der Waals surface area contributed by atoms with Gasteiger partial charge in [0.1, 0.15) is 0 Å². The molecule has 0 unspecified atom stereocenters. The molecule has 2 aromatic carbocycles. The zero-order valence-corrected chi connectivity index (χ0v) is 16.5. The van der Waals surface area contributed by atoms with Gasteiger partial charge in [0.15, 0.2) is 0 Å². The second-order valence-electron chi connectivity index (χ2n) is 7.50. The van der Waals surface area contributed by atoms with E-state index in [1.54, 1.807) is 4.90 Å². The Hall–Kier alpha value is -3.15. The van der Waals surface area contributed by atoms with Crippen LogP contribution in [0.25, 0.3) is 0 Å². The van der Waals surface area contributed by atoms with Crippen LogP contribution in [0, 0.1) is 0 Å². The molecule has 2 aromatic rings. The molecule has 2 N–H and O–H groups in total. The van der Waals surface area contributed by atoms with Gasteiger partial charge < -0.3 is 15.3 Å². The maximum absolute atomic E-state index is 12.9. The van der Waals surface area contributed by atoms with Crippen molar-refractivity contribution in [2.24, 2.45) is 0 Å². The molecular weight excluding hydrogens is 368 g/mol. The van der Waals surface area contributed by atoms with Gasteiger partial charge in [-0.1, -0.05) is 60.7 Å². The average molecular weight is 394 g/mol. The third kappa shape index (κ3) is 4.65.